The second kappa shape index (κ2) is 26.9. The molecule has 2 unspecified atom stereocenters. The van der Waals surface area contributed by atoms with Gasteiger partial charge in [-0.05, 0) is 196 Å². The number of hydrogen-bond donors (Lipinski definition) is 0. The Morgan fingerprint density at radius 2 is 0.579 bits per heavy atom. The molecule has 114 heavy (non-hydrogen) atoms. The monoisotopic (exact) mass is 1460 g/mol. The zero-order valence-corrected chi connectivity index (χ0v) is 63.9. The Morgan fingerprint density at radius 3 is 1.16 bits per heavy atom. The molecular weight excluding hydrogens is 1380 g/mol. The molecule has 540 valence electrons. The average molecular weight is 1460 g/mol. The van der Waals surface area contributed by atoms with E-state index in [1.54, 1.807) is 0 Å². The molecule has 21 rings (SSSR count). The summed E-state index contributed by atoms with van der Waals surface area (Å²) in [5.74, 6) is 0. The Kier molecular flexibility index (Phi) is 16.1. The molecule has 0 saturated heterocycles. The Hall–Kier alpha value is -14.0. The largest absolute Gasteiger partial charge is 0.456 e. The topological polar surface area (TPSA) is 64.7 Å². The van der Waals surface area contributed by atoms with Gasteiger partial charge in [0.15, 0.2) is 0 Å². The fraction of sp³-hybridized carbons (Fsp3) is 0.0826. The summed E-state index contributed by atoms with van der Waals surface area (Å²) in [6, 6.07) is 143. The molecule has 0 fully saturated rings. The highest BCUT2D eigenvalue weighted by atomic mass is 16.3. The molecular formula is C109H78N4O. The molecule has 2 atom stereocenters. The fourth-order valence-corrected chi connectivity index (χ4v) is 19.5. The van der Waals surface area contributed by atoms with Crippen LogP contribution in [0.3, 0.4) is 0 Å². The minimum absolute atomic E-state index is 0.215. The molecule has 0 spiro atoms. The van der Waals surface area contributed by atoms with Crippen molar-refractivity contribution in [3.05, 3.63) is 433 Å². The fourth-order valence-electron chi connectivity index (χ4n) is 19.5. The van der Waals surface area contributed by atoms with E-state index in [0.717, 1.165) is 140 Å². The molecule has 0 bridgehead atoms. The van der Waals surface area contributed by atoms with Crippen molar-refractivity contribution >= 4 is 44.0 Å². The first-order chi connectivity index (χ1) is 56.0. The second-order valence-electron chi connectivity index (χ2n) is 31.5. The predicted octanol–water partition coefficient (Wildman–Crippen LogP) is 27.8. The standard InChI is InChI=1S/C109H78N4O/c1-5-107(4)95-68-80(104-105(113-99-46-24-23-45-98(99)112-104)81-55-61-89-88-41-19-25-47-100(88)114-101(89)69-81)54-60-87(95)90-66-78(56-62-92(90)106(107,2)3)77-33-27-32-76(65-77)75-31-26-30-74(64-75)72-52-58-85(59-53-72)109(84-38-16-9-17-39-84)93-42-20-18-40-86(93)91-67-79(57-63-94(91)108(109,82-34-12-7-13-35-82)83-36-14-8-15-37-83)103-102(110-96-43-21-22-44-97(96)111-103)73-50-48-71(49-51-73)70-28-10-6-11-29-70/h6-69H,5H2,1-4H3. The number of benzene rings is 16. The van der Waals surface area contributed by atoms with Crippen molar-refractivity contribution in [1.82, 2.24) is 19.9 Å². The molecule has 0 aliphatic heterocycles. The number of fused-ring (bicyclic) bond motifs is 11. The number of aromatic nitrogens is 4. The maximum atomic E-state index is 6.47. The smallest absolute Gasteiger partial charge is 0.136 e. The van der Waals surface area contributed by atoms with Crippen molar-refractivity contribution in [3.63, 3.8) is 0 Å². The van der Waals surface area contributed by atoms with Crippen molar-refractivity contribution < 1.29 is 4.42 Å². The third-order valence-corrected chi connectivity index (χ3v) is 25.6. The van der Waals surface area contributed by atoms with E-state index < -0.39 is 10.8 Å². The van der Waals surface area contributed by atoms with Crippen molar-refractivity contribution in [2.45, 2.75) is 55.8 Å². The van der Waals surface area contributed by atoms with Gasteiger partial charge in [-0.3, -0.25) is 0 Å². The van der Waals surface area contributed by atoms with Crippen molar-refractivity contribution in [2.24, 2.45) is 0 Å². The molecule has 2 aliphatic rings. The summed E-state index contributed by atoms with van der Waals surface area (Å²) in [4.78, 5) is 21.9. The van der Waals surface area contributed by atoms with Crippen LogP contribution in [0.2, 0.25) is 0 Å². The molecule has 0 amide bonds. The van der Waals surface area contributed by atoms with E-state index in [-0.39, 0.29) is 10.8 Å². The lowest BCUT2D eigenvalue weighted by Crippen LogP contribution is -2.54. The highest BCUT2D eigenvalue weighted by Gasteiger charge is 2.61. The first-order valence-corrected chi connectivity index (χ1v) is 39.7. The Bertz CT molecular complexity index is 6950. The number of para-hydroxylation sites is 5. The van der Waals surface area contributed by atoms with Gasteiger partial charge in [0.05, 0.1) is 55.7 Å². The maximum absolute atomic E-state index is 6.47. The van der Waals surface area contributed by atoms with Gasteiger partial charge >= 0.3 is 0 Å². The lowest BCUT2D eigenvalue weighted by atomic mass is 9.43. The lowest BCUT2D eigenvalue weighted by molar-refractivity contribution is 0.263. The van der Waals surface area contributed by atoms with Crippen LogP contribution >= 0.6 is 0 Å². The number of nitrogens with zero attached hydrogens (tertiary/aromatic N) is 4. The zero-order valence-electron chi connectivity index (χ0n) is 63.9. The molecule has 5 nitrogen and oxygen atoms in total. The first kappa shape index (κ1) is 68.1. The van der Waals surface area contributed by atoms with Gasteiger partial charge in [-0.2, -0.15) is 0 Å². The predicted molar refractivity (Wildman–Crippen MR) is 470 cm³/mol. The Balaban J connectivity index is 0.662. The SMILES string of the molecule is CCC1(C)c2cc(-c3nc4ccccc4nc3-c3ccc4c(c3)oc3ccccc34)ccc2-c2cc(-c3cccc(-c4cccc(-c5ccc(C6(c7ccccc7)c7ccccc7-c7cc(-c8nc9ccccc9nc8-c8ccc(-c9ccccc9)cc8)ccc7C6(c6ccccc6)c6ccccc6)cc5)c4)c3)ccc2C1(C)C. The van der Waals surface area contributed by atoms with E-state index in [0.29, 0.717) is 0 Å². The van der Waals surface area contributed by atoms with E-state index in [1.807, 2.05) is 30.3 Å². The highest BCUT2D eigenvalue weighted by Crippen LogP contribution is 2.66. The van der Waals surface area contributed by atoms with E-state index in [4.69, 9.17) is 24.4 Å². The molecule has 19 aromatic rings. The van der Waals surface area contributed by atoms with E-state index in [9.17, 15) is 0 Å². The van der Waals surface area contributed by atoms with Crippen LogP contribution in [-0.4, -0.2) is 19.9 Å². The maximum Gasteiger partial charge on any atom is 0.136 e. The number of rotatable bonds is 13. The van der Waals surface area contributed by atoms with Gasteiger partial charge in [-0.25, -0.2) is 19.9 Å². The van der Waals surface area contributed by atoms with Crippen LogP contribution in [0.5, 0.6) is 0 Å². The van der Waals surface area contributed by atoms with Crippen LogP contribution in [0.1, 0.15) is 78.6 Å². The van der Waals surface area contributed by atoms with E-state index in [2.05, 4.69) is 386 Å². The van der Waals surface area contributed by atoms with Crippen LogP contribution in [0.25, 0.3) is 156 Å². The van der Waals surface area contributed by atoms with Gasteiger partial charge in [-0.15, -0.1) is 0 Å². The number of furan rings is 1. The quantitative estimate of drug-likeness (QED) is 0.115. The molecule has 0 N–H and O–H groups in total. The highest BCUT2D eigenvalue weighted by molar-refractivity contribution is 6.06. The molecule has 2 aliphatic carbocycles. The normalized spacial score (nSPS) is 15.8. The van der Waals surface area contributed by atoms with Gasteiger partial charge in [0.25, 0.3) is 0 Å². The van der Waals surface area contributed by atoms with Gasteiger partial charge < -0.3 is 4.42 Å². The minimum Gasteiger partial charge on any atom is -0.456 e. The summed E-state index contributed by atoms with van der Waals surface area (Å²) in [7, 11) is 0. The van der Waals surface area contributed by atoms with Gasteiger partial charge in [0.2, 0.25) is 0 Å². The van der Waals surface area contributed by atoms with Gasteiger partial charge in [-0.1, -0.05) is 343 Å². The summed E-state index contributed by atoms with van der Waals surface area (Å²) < 4.78 is 6.47. The zero-order chi connectivity index (χ0) is 76.3. The number of hydrogen-bond acceptors (Lipinski definition) is 5. The minimum atomic E-state index is -0.860. The molecule has 3 aromatic heterocycles. The van der Waals surface area contributed by atoms with Crippen molar-refractivity contribution in [1.29, 1.82) is 0 Å². The molecule has 5 heteroatoms. The first-order valence-electron chi connectivity index (χ1n) is 39.7. The molecule has 16 aromatic carbocycles. The molecule has 0 radical (unpaired) electrons. The summed E-state index contributed by atoms with van der Waals surface area (Å²) >= 11 is 0. The molecule has 0 saturated carbocycles. The third-order valence-electron chi connectivity index (χ3n) is 25.6. The van der Waals surface area contributed by atoms with Crippen LogP contribution in [0.15, 0.2) is 393 Å². The lowest BCUT2D eigenvalue weighted by Gasteiger charge is -2.57. The van der Waals surface area contributed by atoms with Crippen LogP contribution in [0.4, 0.5) is 0 Å². The average Bonchev–Trinajstić information content (AvgIpc) is 0.697. The van der Waals surface area contributed by atoms with Gasteiger partial charge in [0, 0.05) is 38.4 Å². The summed E-state index contributed by atoms with van der Waals surface area (Å²) in [6.07, 6.45) is 0.948. The Labute approximate surface area is 664 Å². The van der Waals surface area contributed by atoms with Gasteiger partial charge in [0.1, 0.15) is 11.2 Å². The van der Waals surface area contributed by atoms with Crippen molar-refractivity contribution in [2.75, 3.05) is 0 Å². The van der Waals surface area contributed by atoms with Crippen LogP contribution in [0, 0.1) is 0 Å². The van der Waals surface area contributed by atoms with E-state index in [1.165, 1.54) is 66.8 Å². The van der Waals surface area contributed by atoms with Crippen LogP contribution in [-0.2, 0) is 21.7 Å². The van der Waals surface area contributed by atoms with Crippen molar-refractivity contribution in [3.8, 4) is 112 Å². The third kappa shape index (κ3) is 10.6. The summed E-state index contributed by atoms with van der Waals surface area (Å²) in [6.45, 7) is 9.68. The van der Waals surface area contributed by atoms with Crippen LogP contribution < -0.4 is 0 Å². The second-order valence-corrected chi connectivity index (χ2v) is 31.5. The summed E-state index contributed by atoms with van der Waals surface area (Å²) in [5, 5.41) is 2.19. The summed E-state index contributed by atoms with van der Waals surface area (Å²) in [5.41, 5.74) is 34.2. The Morgan fingerprint density at radius 1 is 0.228 bits per heavy atom. The van der Waals surface area contributed by atoms with E-state index >= 15 is 0 Å². The molecule has 3 heterocycles.